The molecule has 3 nitrogen and oxygen atoms in total. The third-order valence-electron chi connectivity index (χ3n) is 1.12. The Hall–Kier alpha value is -1.38. The number of pyridine rings is 1. The van der Waals surface area contributed by atoms with Crippen LogP contribution < -0.4 is 0 Å². The molecule has 0 aromatic carbocycles. The molecule has 0 atom stereocenters. The Kier molecular flexibility index (Phi) is 1.99. The topological polar surface area (TPSA) is 48.3 Å². The zero-order valence-corrected chi connectivity index (χ0v) is 5.61. The number of aromatic nitrogens is 1. The van der Waals surface area contributed by atoms with Crippen LogP contribution in [0, 0.1) is 12.1 Å². The molecule has 0 aliphatic rings. The predicted molar refractivity (Wildman–Crippen MR) is 39.9 cm³/mol. The number of aryl methyl sites for hydroxylation is 1. The lowest BCUT2D eigenvalue weighted by Gasteiger charge is -1.94. The Labute approximate surface area is 59.0 Å². The summed E-state index contributed by atoms with van der Waals surface area (Å²) >= 11 is 0. The molecule has 1 heterocycles. The second kappa shape index (κ2) is 2.96. The Morgan fingerprint density at radius 3 is 3.10 bits per heavy atom. The highest BCUT2D eigenvalue weighted by molar-refractivity contribution is 5.79. The van der Waals surface area contributed by atoms with E-state index in [9.17, 15) is 5.21 Å². The first kappa shape index (κ1) is 6.74. The Bertz CT molecular complexity index is 245. The molecule has 0 aliphatic carbocycles. The van der Waals surface area contributed by atoms with Gasteiger partial charge in [-0.25, -0.2) is 0 Å². The van der Waals surface area contributed by atoms with Crippen LogP contribution in [0.5, 0.6) is 0 Å². The SMILES string of the molecule is Cc1cc(/C=N\[O-])ccn1. The number of hydrogen-bond donors (Lipinski definition) is 0. The maximum atomic E-state index is 9.76. The van der Waals surface area contributed by atoms with Gasteiger partial charge in [0.2, 0.25) is 0 Å². The van der Waals surface area contributed by atoms with Crippen LogP contribution >= 0.6 is 0 Å². The molecule has 52 valence electrons. The molecule has 0 radical (unpaired) electrons. The quantitative estimate of drug-likeness (QED) is 0.430. The van der Waals surface area contributed by atoms with Crippen molar-refractivity contribution in [2.45, 2.75) is 6.92 Å². The van der Waals surface area contributed by atoms with Crippen molar-refractivity contribution in [2.24, 2.45) is 5.16 Å². The van der Waals surface area contributed by atoms with Crippen LogP contribution in [0.2, 0.25) is 0 Å². The minimum atomic E-state index is 0.794. The summed E-state index contributed by atoms with van der Waals surface area (Å²) in [5.41, 5.74) is 1.68. The van der Waals surface area contributed by atoms with Crippen molar-refractivity contribution in [3.05, 3.63) is 34.8 Å². The molecule has 0 spiro atoms. The minimum absolute atomic E-state index is 0.794. The lowest BCUT2D eigenvalue weighted by molar-refractivity contribution is 1.20. The zero-order chi connectivity index (χ0) is 7.40. The summed E-state index contributed by atoms with van der Waals surface area (Å²) < 4.78 is 0. The summed E-state index contributed by atoms with van der Waals surface area (Å²) in [7, 11) is 0. The molecular formula is C7H7N2O-. The molecule has 3 heteroatoms. The monoisotopic (exact) mass is 135 g/mol. The number of hydrogen-bond acceptors (Lipinski definition) is 3. The molecular weight excluding hydrogens is 128 g/mol. The summed E-state index contributed by atoms with van der Waals surface area (Å²) in [6.07, 6.45) is 2.90. The summed E-state index contributed by atoms with van der Waals surface area (Å²) in [6.45, 7) is 1.86. The van der Waals surface area contributed by atoms with E-state index in [2.05, 4.69) is 10.1 Å². The van der Waals surface area contributed by atoms with Crippen LogP contribution in [0.1, 0.15) is 11.3 Å². The van der Waals surface area contributed by atoms with E-state index in [1.807, 2.05) is 6.92 Å². The van der Waals surface area contributed by atoms with Crippen molar-refractivity contribution in [2.75, 3.05) is 0 Å². The maximum Gasteiger partial charge on any atom is 0.0379 e. The van der Waals surface area contributed by atoms with Crippen LogP contribution in [0.3, 0.4) is 0 Å². The van der Waals surface area contributed by atoms with Crippen molar-refractivity contribution in [3.63, 3.8) is 0 Å². The smallest absolute Gasteiger partial charge is 0.0379 e. The van der Waals surface area contributed by atoms with Gasteiger partial charge in [-0.2, -0.15) is 0 Å². The third kappa shape index (κ3) is 1.55. The average molecular weight is 135 g/mol. The van der Waals surface area contributed by atoms with Crippen molar-refractivity contribution < 1.29 is 0 Å². The number of rotatable bonds is 1. The Morgan fingerprint density at radius 1 is 1.70 bits per heavy atom. The van der Waals surface area contributed by atoms with E-state index in [-0.39, 0.29) is 0 Å². The second-order valence-corrected chi connectivity index (χ2v) is 1.97. The van der Waals surface area contributed by atoms with E-state index < -0.39 is 0 Å². The first-order valence-electron chi connectivity index (χ1n) is 2.91. The molecule has 0 unspecified atom stereocenters. The van der Waals surface area contributed by atoms with Crippen LogP contribution in [-0.4, -0.2) is 11.2 Å². The zero-order valence-electron chi connectivity index (χ0n) is 5.61. The molecule has 0 N–H and O–H groups in total. The second-order valence-electron chi connectivity index (χ2n) is 1.97. The van der Waals surface area contributed by atoms with Gasteiger partial charge < -0.3 is 10.4 Å². The van der Waals surface area contributed by atoms with E-state index in [1.54, 1.807) is 18.3 Å². The summed E-state index contributed by atoms with van der Waals surface area (Å²) in [5.74, 6) is 0. The molecule has 1 aromatic rings. The lowest BCUT2D eigenvalue weighted by Crippen LogP contribution is -1.84. The molecule has 0 amide bonds. The van der Waals surface area contributed by atoms with Crippen LogP contribution in [0.25, 0.3) is 0 Å². The molecule has 0 saturated heterocycles. The molecule has 1 rings (SSSR count). The number of nitrogens with zero attached hydrogens (tertiary/aromatic N) is 2. The van der Waals surface area contributed by atoms with Gasteiger partial charge in [0, 0.05) is 18.1 Å². The fourth-order valence-corrected chi connectivity index (χ4v) is 0.709. The van der Waals surface area contributed by atoms with Gasteiger partial charge >= 0.3 is 0 Å². The first-order chi connectivity index (χ1) is 4.83. The summed E-state index contributed by atoms with van der Waals surface area (Å²) in [6, 6.07) is 3.52. The van der Waals surface area contributed by atoms with Gasteiger partial charge in [0.25, 0.3) is 0 Å². The maximum absolute atomic E-state index is 9.76. The van der Waals surface area contributed by atoms with Crippen LogP contribution in [0.15, 0.2) is 23.5 Å². The standard InChI is InChI=1S/C7H8N2O/c1-6-4-7(5-9-10)2-3-8-6/h2-5,10H,1H3/p-1/b9-5-. The summed E-state index contributed by atoms with van der Waals surface area (Å²) in [5, 5.41) is 12.4. The molecule has 0 aliphatic heterocycles. The van der Waals surface area contributed by atoms with Gasteiger partial charge in [-0.15, -0.1) is 0 Å². The molecule has 1 aromatic heterocycles. The van der Waals surface area contributed by atoms with Crippen molar-refractivity contribution >= 4 is 6.21 Å². The van der Waals surface area contributed by atoms with E-state index in [1.165, 1.54) is 6.21 Å². The molecule has 0 bridgehead atoms. The highest BCUT2D eigenvalue weighted by Gasteiger charge is 1.85. The van der Waals surface area contributed by atoms with Gasteiger partial charge in [-0.3, -0.25) is 4.98 Å². The van der Waals surface area contributed by atoms with E-state index in [0.717, 1.165) is 11.3 Å². The van der Waals surface area contributed by atoms with Crippen molar-refractivity contribution in [1.82, 2.24) is 4.98 Å². The molecule has 0 saturated carbocycles. The third-order valence-corrected chi connectivity index (χ3v) is 1.12. The Balaban J connectivity index is 2.95. The normalized spacial score (nSPS) is 10.5. The highest BCUT2D eigenvalue weighted by atomic mass is 16.4. The average Bonchev–Trinajstić information content (AvgIpc) is 1.88. The van der Waals surface area contributed by atoms with E-state index >= 15 is 0 Å². The van der Waals surface area contributed by atoms with Crippen molar-refractivity contribution in [3.8, 4) is 0 Å². The van der Waals surface area contributed by atoms with Crippen LogP contribution in [-0.2, 0) is 0 Å². The van der Waals surface area contributed by atoms with Gasteiger partial charge in [0.05, 0.1) is 0 Å². The summed E-state index contributed by atoms with van der Waals surface area (Å²) in [4.78, 5) is 3.96. The first-order valence-corrected chi connectivity index (χ1v) is 2.91. The van der Waals surface area contributed by atoms with E-state index in [0.29, 0.717) is 0 Å². The van der Waals surface area contributed by atoms with E-state index in [4.69, 9.17) is 0 Å². The van der Waals surface area contributed by atoms with Crippen LogP contribution in [0.4, 0.5) is 0 Å². The lowest BCUT2D eigenvalue weighted by atomic mass is 10.2. The van der Waals surface area contributed by atoms with Crippen molar-refractivity contribution in [1.29, 1.82) is 0 Å². The fraction of sp³-hybridized carbons (Fsp3) is 0.143. The molecule has 10 heavy (non-hydrogen) atoms. The largest absolute Gasteiger partial charge is 0.792 e. The highest BCUT2D eigenvalue weighted by Crippen LogP contribution is 1.96. The fourth-order valence-electron chi connectivity index (χ4n) is 0.709. The minimum Gasteiger partial charge on any atom is -0.792 e. The Morgan fingerprint density at radius 2 is 2.50 bits per heavy atom. The van der Waals surface area contributed by atoms with Gasteiger partial charge in [-0.05, 0) is 24.6 Å². The van der Waals surface area contributed by atoms with Gasteiger partial charge in [0.1, 0.15) is 0 Å². The predicted octanol–water partition coefficient (Wildman–Crippen LogP) is 1.31. The molecule has 0 fully saturated rings. The van der Waals surface area contributed by atoms with Gasteiger partial charge in [0.15, 0.2) is 0 Å². The van der Waals surface area contributed by atoms with Gasteiger partial charge in [-0.1, -0.05) is 0 Å².